The number of imidazole rings is 1. The summed E-state index contributed by atoms with van der Waals surface area (Å²) >= 11 is 0. The van der Waals surface area contributed by atoms with Crippen LogP contribution >= 0.6 is 0 Å². The van der Waals surface area contributed by atoms with E-state index in [1.807, 2.05) is 42.5 Å². The molecule has 1 heterocycles. The number of phenols is 1. The highest BCUT2D eigenvalue weighted by molar-refractivity contribution is 6.07. The van der Waals surface area contributed by atoms with Crippen molar-refractivity contribution >= 4 is 22.6 Å². The van der Waals surface area contributed by atoms with Crippen LogP contribution in [0.3, 0.4) is 0 Å². The average molecular weight is 432 g/mol. The van der Waals surface area contributed by atoms with E-state index in [1.54, 1.807) is 60.8 Å². The number of fused-ring (bicyclic) bond motifs is 1. The van der Waals surface area contributed by atoms with Gasteiger partial charge in [0.2, 0.25) is 0 Å². The predicted octanol–water partition coefficient (Wildman–Crippen LogP) is 5.59. The van der Waals surface area contributed by atoms with Crippen molar-refractivity contribution in [1.29, 1.82) is 0 Å². The highest BCUT2D eigenvalue weighted by atomic mass is 16.3. The lowest BCUT2D eigenvalue weighted by Crippen LogP contribution is -2.14. The van der Waals surface area contributed by atoms with Crippen molar-refractivity contribution in [2.45, 2.75) is 0 Å². The summed E-state index contributed by atoms with van der Waals surface area (Å²) in [7, 11) is 0. The van der Waals surface area contributed by atoms with Crippen LogP contribution < -0.4 is 5.69 Å². The lowest BCUT2D eigenvalue weighted by Gasteiger charge is -2.04. The third-order valence-corrected chi connectivity index (χ3v) is 5.49. The number of benzene rings is 4. The van der Waals surface area contributed by atoms with Gasteiger partial charge in [-0.05, 0) is 52.7 Å². The second kappa shape index (κ2) is 8.48. The molecule has 5 nitrogen and oxygen atoms in total. The number of nitrogens with one attached hydrogen (secondary N) is 1. The van der Waals surface area contributed by atoms with E-state index in [2.05, 4.69) is 4.98 Å². The Morgan fingerprint density at radius 2 is 1.67 bits per heavy atom. The largest absolute Gasteiger partial charge is 0.508 e. The zero-order valence-corrected chi connectivity index (χ0v) is 17.6. The van der Waals surface area contributed by atoms with Gasteiger partial charge < -0.3 is 10.1 Å². The highest BCUT2D eigenvalue weighted by Crippen LogP contribution is 2.23. The number of ketones is 1. The van der Waals surface area contributed by atoms with E-state index in [0.29, 0.717) is 16.9 Å². The molecule has 33 heavy (non-hydrogen) atoms. The Balaban J connectivity index is 1.44. The maximum absolute atomic E-state index is 12.7. The number of hydrogen-bond acceptors (Lipinski definition) is 3. The van der Waals surface area contributed by atoms with Crippen molar-refractivity contribution in [1.82, 2.24) is 9.55 Å². The minimum Gasteiger partial charge on any atom is -0.508 e. The maximum atomic E-state index is 12.7. The SMILES string of the molecule is O=C(/C=C/c1cccc(O)c1)c1cccc(-n2cc(-c3ccc4ccccc4c3)[nH]c2=O)c1. The molecule has 1 aromatic heterocycles. The van der Waals surface area contributed by atoms with Gasteiger partial charge in [-0.3, -0.25) is 9.36 Å². The molecule has 0 atom stereocenters. The van der Waals surface area contributed by atoms with E-state index in [9.17, 15) is 14.7 Å². The standard InChI is InChI=1S/C28H20N2O3/c31-25-10-3-5-19(15-25)11-14-27(32)23-8-4-9-24(17-23)30-18-26(29-28(30)33)22-13-12-20-6-1-2-7-21(20)16-22/h1-18,31H,(H,29,33)/b14-11+. The first kappa shape index (κ1) is 20.3. The van der Waals surface area contributed by atoms with Crippen molar-refractivity contribution < 1.29 is 9.90 Å². The molecule has 0 spiro atoms. The smallest absolute Gasteiger partial charge is 0.330 e. The molecule has 0 aliphatic heterocycles. The Hall–Kier alpha value is -4.64. The van der Waals surface area contributed by atoms with Crippen LogP contribution in [0.1, 0.15) is 15.9 Å². The molecule has 5 rings (SSSR count). The van der Waals surface area contributed by atoms with Gasteiger partial charge in [0.1, 0.15) is 5.75 Å². The summed E-state index contributed by atoms with van der Waals surface area (Å²) in [6, 6.07) is 27.7. The van der Waals surface area contributed by atoms with Crippen LogP contribution in [0, 0.1) is 0 Å². The molecule has 0 saturated heterocycles. The van der Waals surface area contributed by atoms with Gasteiger partial charge in [-0.2, -0.15) is 0 Å². The maximum Gasteiger partial charge on any atom is 0.330 e. The van der Waals surface area contributed by atoms with Crippen LogP contribution in [-0.4, -0.2) is 20.4 Å². The first-order valence-electron chi connectivity index (χ1n) is 10.5. The fourth-order valence-electron chi connectivity index (χ4n) is 3.80. The molecular weight excluding hydrogens is 412 g/mol. The van der Waals surface area contributed by atoms with E-state index < -0.39 is 0 Å². The van der Waals surface area contributed by atoms with Crippen molar-refractivity contribution in [3.63, 3.8) is 0 Å². The molecule has 0 saturated carbocycles. The molecule has 0 amide bonds. The van der Waals surface area contributed by atoms with Gasteiger partial charge in [-0.25, -0.2) is 4.79 Å². The summed E-state index contributed by atoms with van der Waals surface area (Å²) < 4.78 is 1.50. The Labute approximate surface area is 189 Å². The van der Waals surface area contributed by atoms with Crippen molar-refractivity contribution in [3.8, 4) is 22.7 Å². The number of hydrogen-bond donors (Lipinski definition) is 2. The van der Waals surface area contributed by atoms with E-state index in [-0.39, 0.29) is 17.2 Å². The third kappa shape index (κ3) is 4.25. The number of phenolic OH excluding ortho intramolecular Hbond substituents is 1. The van der Waals surface area contributed by atoms with Crippen LogP contribution in [0.5, 0.6) is 5.75 Å². The van der Waals surface area contributed by atoms with Crippen LogP contribution in [0.25, 0.3) is 33.8 Å². The summed E-state index contributed by atoms with van der Waals surface area (Å²) in [4.78, 5) is 28.3. The molecular formula is C28H20N2O3. The Morgan fingerprint density at radius 1 is 0.848 bits per heavy atom. The van der Waals surface area contributed by atoms with Gasteiger partial charge in [0.25, 0.3) is 0 Å². The van der Waals surface area contributed by atoms with E-state index in [4.69, 9.17) is 0 Å². The highest BCUT2D eigenvalue weighted by Gasteiger charge is 2.10. The number of aromatic hydroxyl groups is 1. The van der Waals surface area contributed by atoms with Gasteiger partial charge in [0.05, 0.1) is 11.4 Å². The lowest BCUT2D eigenvalue weighted by molar-refractivity contribution is 0.104. The number of nitrogens with zero attached hydrogens (tertiary/aromatic N) is 1. The zero-order valence-electron chi connectivity index (χ0n) is 17.6. The van der Waals surface area contributed by atoms with Crippen LogP contribution in [0.2, 0.25) is 0 Å². The minimum atomic E-state index is -0.280. The summed E-state index contributed by atoms with van der Waals surface area (Å²) in [5.41, 5.74) is 3.11. The third-order valence-electron chi connectivity index (χ3n) is 5.49. The molecule has 0 bridgehead atoms. The molecule has 0 unspecified atom stereocenters. The number of rotatable bonds is 5. The van der Waals surface area contributed by atoms with Gasteiger partial charge in [0.15, 0.2) is 5.78 Å². The van der Waals surface area contributed by atoms with Crippen LogP contribution in [0.4, 0.5) is 0 Å². The fraction of sp³-hybridized carbons (Fsp3) is 0. The van der Waals surface area contributed by atoms with E-state index in [1.165, 1.54) is 10.6 Å². The van der Waals surface area contributed by atoms with Gasteiger partial charge in [-0.1, -0.05) is 66.7 Å². The Bertz CT molecular complexity index is 1570. The number of H-pyrrole nitrogens is 1. The molecule has 160 valence electrons. The molecule has 0 aliphatic carbocycles. The quantitative estimate of drug-likeness (QED) is 0.281. The van der Waals surface area contributed by atoms with Gasteiger partial charge >= 0.3 is 5.69 Å². The van der Waals surface area contributed by atoms with Gasteiger partial charge in [-0.15, -0.1) is 0 Å². The van der Waals surface area contributed by atoms with Crippen molar-refractivity contribution in [3.05, 3.63) is 125 Å². The summed E-state index contributed by atoms with van der Waals surface area (Å²) in [5.74, 6) is -0.0563. The Kier molecular flexibility index (Phi) is 5.21. The molecule has 5 aromatic rings. The fourth-order valence-corrected chi connectivity index (χ4v) is 3.80. The zero-order chi connectivity index (χ0) is 22.8. The first-order valence-corrected chi connectivity index (χ1v) is 10.5. The number of aromatic nitrogens is 2. The normalized spacial score (nSPS) is 11.3. The Morgan fingerprint density at radius 3 is 2.52 bits per heavy atom. The summed E-state index contributed by atoms with van der Waals surface area (Å²) in [6.45, 7) is 0. The number of carbonyl (C=O) groups is 1. The van der Waals surface area contributed by atoms with Crippen molar-refractivity contribution in [2.24, 2.45) is 0 Å². The molecule has 5 heteroatoms. The first-order chi connectivity index (χ1) is 16.1. The van der Waals surface area contributed by atoms with Gasteiger partial charge in [0, 0.05) is 17.3 Å². The van der Waals surface area contributed by atoms with Crippen LogP contribution in [0.15, 0.2) is 108 Å². The number of aromatic amines is 1. The predicted molar refractivity (Wildman–Crippen MR) is 131 cm³/mol. The molecule has 0 aliphatic rings. The second-order valence-corrected chi connectivity index (χ2v) is 7.75. The summed E-state index contributed by atoms with van der Waals surface area (Å²) in [6.07, 6.45) is 4.85. The molecule has 2 N–H and O–H groups in total. The minimum absolute atomic E-state index is 0.139. The molecule has 4 aromatic carbocycles. The molecule has 0 fully saturated rings. The van der Waals surface area contributed by atoms with E-state index in [0.717, 1.165) is 21.9 Å². The topological polar surface area (TPSA) is 75.1 Å². The second-order valence-electron chi connectivity index (χ2n) is 7.75. The average Bonchev–Trinajstić information content (AvgIpc) is 3.24. The monoisotopic (exact) mass is 432 g/mol. The number of carbonyl (C=O) groups excluding carboxylic acids is 1. The molecule has 0 radical (unpaired) electrons. The summed E-state index contributed by atoms with van der Waals surface area (Å²) in [5, 5.41) is 11.8. The lowest BCUT2D eigenvalue weighted by atomic mass is 10.1. The van der Waals surface area contributed by atoms with Crippen LogP contribution in [-0.2, 0) is 0 Å². The van der Waals surface area contributed by atoms with E-state index >= 15 is 0 Å². The number of allylic oxidation sites excluding steroid dienone is 1. The van der Waals surface area contributed by atoms with Crippen molar-refractivity contribution in [2.75, 3.05) is 0 Å².